The molecule has 1 aliphatic rings. The monoisotopic (exact) mass is 239 g/mol. The third-order valence-electron chi connectivity index (χ3n) is 3.13. The molecule has 0 saturated heterocycles. The van der Waals surface area contributed by atoms with Gasteiger partial charge in [0, 0.05) is 11.4 Å². The van der Waals surface area contributed by atoms with E-state index in [0.717, 1.165) is 23.7 Å². The molecule has 0 unspecified atom stereocenters. The fourth-order valence-electron chi connectivity index (χ4n) is 1.99. The van der Waals surface area contributed by atoms with E-state index < -0.39 is 0 Å². The highest BCUT2D eigenvalue weighted by molar-refractivity contribution is 5.69. The van der Waals surface area contributed by atoms with Gasteiger partial charge < -0.3 is 5.32 Å². The lowest BCUT2D eigenvalue weighted by Crippen LogP contribution is -2.11. The summed E-state index contributed by atoms with van der Waals surface area (Å²) in [5.74, 6) is 0.765. The van der Waals surface area contributed by atoms with Gasteiger partial charge in [0.15, 0.2) is 0 Å². The summed E-state index contributed by atoms with van der Waals surface area (Å²) in [5, 5.41) is 3.28. The number of dihydropyridines is 1. The Balaban J connectivity index is 2.06. The highest BCUT2D eigenvalue weighted by Gasteiger charge is 2.04. The fourth-order valence-corrected chi connectivity index (χ4v) is 1.99. The van der Waals surface area contributed by atoms with Crippen molar-refractivity contribution in [1.29, 1.82) is 0 Å². The minimum Gasteiger partial charge on any atom is -0.356 e. The van der Waals surface area contributed by atoms with Crippen molar-refractivity contribution in [2.45, 2.75) is 26.7 Å². The molecule has 0 fully saturated rings. The van der Waals surface area contributed by atoms with Crippen molar-refractivity contribution >= 4 is 5.70 Å². The van der Waals surface area contributed by atoms with E-state index in [0.29, 0.717) is 0 Å². The second-order valence-electron chi connectivity index (χ2n) is 5.22. The molecule has 0 saturated carbocycles. The van der Waals surface area contributed by atoms with E-state index in [9.17, 15) is 0 Å². The summed E-state index contributed by atoms with van der Waals surface area (Å²) in [7, 11) is 0. The molecule has 0 spiro atoms. The number of aryl methyl sites for hydroxylation is 1. The van der Waals surface area contributed by atoms with Crippen molar-refractivity contribution in [2.75, 3.05) is 0 Å². The Morgan fingerprint density at radius 1 is 1.17 bits per heavy atom. The van der Waals surface area contributed by atoms with Crippen LogP contribution in [0, 0.1) is 5.92 Å². The number of rotatable bonds is 4. The second kappa shape index (κ2) is 5.72. The van der Waals surface area contributed by atoms with E-state index in [1.165, 1.54) is 17.5 Å². The number of hydrogen-bond donors (Lipinski definition) is 1. The quantitative estimate of drug-likeness (QED) is 0.826. The molecule has 1 aromatic carbocycles. The van der Waals surface area contributed by atoms with Crippen LogP contribution in [0.2, 0.25) is 0 Å². The van der Waals surface area contributed by atoms with Crippen LogP contribution in [0.15, 0.2) is 54.8 Å². The molecule has 0 bridgehead atoms. The Kier molecular flexibility index (Phi) is 4.03. The lowest BCUT2D eigenvalue weighted by Gasteiger charge is -2.14. The zero-order valence-corrected chi connectivity index (χ0v) is 11.2. The topological polar surface area (TPSA) is 12.0 Å². The van der Waals surface area contributed by atoms with E-state index in [4.69, 9.17) is 0 Å². The lowest BCUT2D eigenvalue weighted by molar-refractivity contribution is 0.587. The van der Waals surface area contributed by atoms with Gasteiger partial charge in [-0.1, -0.05) is 50.8 Å². The first-order chi connectivity index (χ1) is 8.65. The van der Waals surface area contributed by atoms with Gasteiger partial charge in [0.2, 0.25) is 0 Å². The second-order valence-corrected chi connectivity index (χ2v) is 5.22. The molecular weight excluding hydrogens is 218 g/mol. The van der Waals surface area contributed by atoms with Crippen LogP contribution in [0.1, 0.15) is 31.4 Å². The summed E-state index contributed by atoms with van der Waals surface area (Å²) in [6.07, 6.45) is 8.50. The molecular formula is C17H21N. The van der Waals surface area contributed by atoms with Crippen molar-refractivity contribution < 1.29 is 0 Å². The maximum absolute atomic E-state index is 3.92. The Morgan fingerprint density at radius 2 is 1.89 bits per heavy atom. The van der Waals surface area contributed by atoms with Gasteiger partial charge in [0.05, 0.1) is 0 Å². The first-order valence-electron chi connectivity index (χ1n) is 6.59. The Bertz CT molecular complexity index is 475. The first kappa shape index (κ1) is 12.7. The number of nitrogens with one attached hydrogen (secondary N) is 1. The van der Waals surface area contributed by atoms with E-state index in [1.807, 2.05) is 12.2 Å². The van der Waals surface area contributed by atoms with Gasteiger partial charge in [-0.15, -0.1) is 0 Å². The predicted octanol–water partition coefficient (Wildman–Crippen LogP) is 4.29. The zero-order valence-electron chi connectivity index (χ0n) is 11.2. The molecule has 94 valence electrons. The number of hydrogen-bond acceptors (Lipinski definition) is 1. The van der Waals surface area contributed by atoms with Crippen LogP contribution in [-0.2, 0) is 6.42 Å². The van der Waals surface area contributed by atoms with Crippen molar-refractivity contribution in [1.82, 2.24) is 5.32 Å². The van der Waals surface area contributed by atoms with Crippen molar-refractivity contribution in [2.24, 2.45) is 5.92 Å². The van der Waals surface area contributed by atoms with Gasteiger partial charge in [-0.3, -0.25) is 0 Å². The maximum Gasteiger partial charge on any atom is 0.0457 e. The van der Waals surface area contributed by atoms with Gasteiger partial charge in [0.1, 0.15) is 0 Å². The first-order valence-corrected chi connectivity index (χ1v) is 6.59. The van der Waals surface area contributed by atoms with E-state index in [2.05, 4.69) is 56.1 Å². The molecule has 0 amide bonds. The number of allylic oxidation sites excluding steroid dienone is 3. The molecule has 1 heterocycles. The molecule has 1 aliphatic heterocycles. The van der Waals surface area contributed by atoms with Crippen LogP contribution in [0.5, 0.6) is 0 Å². The lowest BCUT2D eigenvalue weighted by atomic mass is 10.0. The minimum absolute atomic E-state index is 0.765. The smallest absolute Gasteiger partial charge is 0.0457 e. The minimum atomic E-state index is 0.765. The maximum atomic E-state index is 3.92. The van der Waals surface area contributed by atoms with E-state index in [1.54, 1.807) is 0 Å². The van der Waals surface area contributed by atoms with Crippen molar-refractivity contribution in [3.63, 3.8) is 0 Å². The van der Waals surface area contributed by atoms with E-state index >= 15 is 0 Å². The molecule has 1 aromatic rings. The summed E-state index contributed by atoms with van der Waals surface area (Å²) in [6.45, 7) is 8.45. The summed E-state index contributed by atoms with van der Waals surface area (Å²) >= 11 is 0. The van der Waals surface area contributed by atoms with Crippen molar-refractivity contribution in [3.05, 3.63) is 65.9 Å². The van der Waals surface area contributed by atoms with Gasteiger partial charge >= 0.3 is 0 Å². The van der Waals surface area contributed by atoms with Crippen LogP contribution in [-0.4, -0.2) is 0 Å². The van der Waals surface area contributed by atoms with Gasteiger partial charge in [-0.05, 0) is 42.0 Å². The molecule has 0 aromatic heterocycles. The zero-order chi connectivity index (χ0) is 13.0. The predicted molar refractivity (Wildman–Crippen MR) is 79.0 cm³/mol. The molecule has 0 atom stereocenters. The average Bonchev–Trinajstić information content (AvgIpc) is 2.37. The molecule has 18 heavy (non-hydrogen) atoms. The standard InChI is InChI=1S/C17H21N/c1-13(2)7-8-15-9-11-16(12-10-15)17-6-4-5-14(3)18-17/h4-6,9-13,18H,3,7-8H2,1-2H3. The van der Waals surface area contributed by atoms with Crippen LogP contribution in [0.3, 0.4) is 0 Å². The summed E-state index contributed by atoms with van der Waals surface area (Å²) in [6, 6.07) is 8.81. The fraction of sp³-hybridized carbons (Fsp3) is 0.294. The van der Waals surface area contributed by atoms with E-state index in [-0.39, 0.29) is 0 Å². The molecule has 1 N–H and O–H groups in total. The van der Waals surface area contributed by atoms with Crippen molar-refractivity contribution in [3.8, 4) is 0 Å². The molecule has 1 nitrogen and oxygen atoms in total. The van der Waals surface area contributed by atoms with Gasteiger partial charge in [-0.25, -0.2) is 0 Å². The SMILES string of the molecule is C=C1C=CC=C(c2ccc(CCC(C)C)cc2)N1. The Labute approximate surface area is 110 Å². The summed E-state index contributed by atoms with van der Waals surface area (Å²) in [5.41, 5.74) is 4.70. The third-order valence-corrected chi connectivity index (χ3v) is 3.13. The van der Waals surface area contributed by atoms with Crippen LogP contribution in [0.4, 0.5) is 0 Å². The number of benzene rings is 1. The average molecular weight is 239 g/mol. The van der Waals surface area contributed by atoms with Gasteiger partial charge in [0.25, 0.3) is 0 Å². The normalized spacial score (nSPS) is 14.6. The highest BCUT2D eigenvalue weighted by Crippen LogP contribution is 2.18. The van der Waals surface area contributed by atoms with Crippen LogP contribution >= 0.6 is 0 Å². The van der Waals surface area contributed by atoms with Gasteiger partial charge in [-0.2, -0.15) is 0 Å². The molecule has 0 radical (unpaired) electrons. The van der Waals surface area contributed by atoms with Crippen LogP contribution in [0.25, 0.3) is 5.70 Å². The Morgan fingerprint density at radius 3 is 2.50 bits per heavy atom. The molecule has 2 rings (SSSR count). The Hall–Kier alpha value is -1.76. The summed E-state index contributed by atoms with van der Waals surface area (Å²) < 4.78 is 0. The largest absolute Gasteiger partial charge is 0.356 e. The summed E-state index contributed by atoms with van der Waals surface area (Å²) in [4.78, 5) is 0. The van der Waals surface area contributed by atoms with Crippen LogP contribution < -0.4 is 5.32 Å². The highest BCUT2D eigenvalue weighted by atomic mass is 14.9. The molecule has 1 heteroatoms. The molecule has 0 aliphatic carbocycles. The third kappa shape index (κ3) is 3.36.